The normalized spacial score (nSPS) is 19.9. The summed E-state index contributed by atoms with van der Waals surface area (Å²) in [4.78, 5) is 29.0. The SMILES string of the molecule is CC(C)N1CCc2c(sc(NC(=O)C3CCCN(S(=O)(=O)c4ccccc4)C3)c2C(N)=O)C1. The van der Waals surface area contributed by atoms with Crippen LogP contribution in [-0.2, 0) is 27.8 Å². The summed E-state index contributed by atoms with van der Waals surface area (Å²) in [5.41, 5.74) is 7.02. The van der Waals surface area contributed by atoms with E-state index in [0.717, 1.165) is 23.5 Å². The van der Waals surface area contributed by atoms with Crippen molar-refractivity contribution in [1.82, 2.24) is 9.21 Å². The summed E-state index contributed by atoms with van der Waals surface area (Å²) in [5.74, 6) is -1.31. The van der Waals surface area contributed by atoms with E-state index in [0.29, 0.717) is 42.4 Å². The maximum Gasteiger partial charge on any atom is 0.251 e. The Morgan fingerprint density at radius 1 is 1.18 bits per heavy atom. The molecule has 1 unspecified atom stereocenters. The van der Waals surface area contributed by atoms with Crippen molar-refractivity contribution in [3.63, 3.8) is 0 Å². The quantitative estimate of drug-likeness (QED) is 0.646. The number of benzene rings is 1. The van der Waals surface area contributed by atoms with Gasteiger partial charge in [0.2, 0.25) is 15.9 Å². The molecule has 1 aromatic heterocycles. The van der Waals surface area contributed by atoms with Gasteiger partial charge >= 0.3 is 0 Å². The first kappa shape index (κ1) is 23.9. The molecule has 3 N–H and O–H groups in total. The first-order chi connectivity index (χ1) is 15.7. The van der Waals surface area contributed by atoms with Crippen LogP contribution in [0.25, 0.3) is 0 Å². The van der Waals surface area contributed by atoms with Crippen LogP contribution in [0.2, 0.25) is 0 Å². The van der Waals surface area contributed by atoms with Crippen molar-refractivity contribution < 1.29 is 18.0 Å². The van der Waals surface area contributed by atoms with Gasteiger partial charge in [0.1, 0.15) is 5.00 Å². The predicted molar refractivity (Wildman–Crippen MR) is 129 cm³/mol. The molecule has 1 fully saturated rings. The van der Waals surface area contributed by atoms with Crippen LogP contribution >= 0.6 is 11.3 Å². The second-order valence-electron chi connectivity index (χ2n) is 8.89. The molecule has 1 atom stereocenters. The van der Waals surface area contributed by atoms with Gasteiger partial charge in [0, 0.05) is 37.1 Å². The smallest absolute Gasteiger partial charge is 0.251 e. The van der Waals surface area contributed by atoms with Crippen LogP contribution in [-0.4, -0.2) is 55.1 Å². The zero-order chi connectivity index (χ0) is 23.8. The number of carbonyl (C=O) groups excluding carboxylic acids is 2. The highest BCUT2D eigenvalue weighted by Crippen LogP contribution is 2.38. The lowest BCUT2D eigenvalue weighted by atomic mass is 9.98. The van der Waals surface area contributed by atoms with Crippen molar-refractivity contribution in [1.29, 1.82) is 0 Å². The molecule has 3 heterocycles. The van der Waals surface area contributed by atoms with Crippen molar-refractivity contribution in [2.45, 2.75) is 50.6 Å². The van der Waals surface area contributed by atoms with Crippen molar-refractivity contribution >= 4 is 38.2 Å². The largest absolute Gasteiger partial charge is 0.365 e. The Morgan fingerprint density at radius 3 is 2.58 bits per heavy atom. The summed E-state index contributed by atoms with van der Waals surface area (Å²) in [6.45, 7) is 6.32. The number of carbonyl (C=O) groups is 2. The minimum absolute atomic E-state index is 0.112. The van der Waals surface area contributed by atoms with Crippen LogP contribution in [0.15, 0.2) is 35.2 Å². The van der Waals surface area contributed by atoms with Gasteiger partial charge in [0.05, 0.1) is 16.4 Å². The summed E-state index contributed by atoms with van der Waals surface area (Å²) < 4.78 is 27.4. The molecule has 2 aliphatic heterocycles. The van der Waals surface area contributed by atoms with Crippen molar-refractivity contribution in [3.05, 3.63) is 46.3 Å². The molecule has 1 saturated heterocycles. The fourth-order valence-corrected chi connectivity index (χ4v) is 7.37. The molecule has 178 valence electrons. The van der Waals surface area contributed by atoms with E-state index in [-0.39, 0.29) is 17.3 Å². The highest BCUT2D eigenvalue weighted by Gasteiger charge is 2.35. The third kappa shape index (κ3) is 4.84. The van der Waals surface area contributed by atoms with Crippen molar-refractivity contribution in [2.24, 2.45) is 11.7 Å². The number of hydrogen-bond acceptors (Lipinski definition) is 6. The average Bonchev–Trinajstić information content (AvgIpc) is 3.16. The van der Waals surface area contributed by atoms with E-state index in [2.05, 4.69) is 24.1 Å². The van der Waals surface area contributed by atoms with Gasteiger partial charge in [0.25, 0.3) is 5.91 Å². The third-order valence-electron chi connectivity index (χ3n) is 6.44. The minimum Gasteiger partial charge on any atom is -0.365 e. The molecule has 1 aromatic carbocycles. The minimum atomic E-state index is -3.66. The fraction of sp³-hybridized carbons (Fsp3) is 0.478. The van der Waals surface area contributed by atoms with Gasteiger partial charge in [-0.25, -0.2) is 8.42 Å². The number of rotatable bonds is 6. The molecule has 2 aromatic rings. The van der Waals surface area contributed by atoms with Gasteiger partial charge in [-0.3, -0.25) is 14.5 Å². The van der Waals surface area contributed by atoms with E-state index >= 15 is 0 Å². The molecule has 8 nitrogen and oxygen atoms in total. The molecule has 2 amide bonds. The number of piperidine rings is 1. The highest BCUT2D eigenvalue weighted by atomic mass is 32.2. The first-order valence-corrected chi connectivity index (χ1v) is 13.5. The van der Waals surface area contributed by atoms with Crippen LogP contribution in [0.5, 0.6) is 0 Å². The summed E-state index contributed by atoms with van der Waals surface area (Å²) >= 11 is 1.40. The van der Waals surface area contributed by atoms with Gasteiger partial charge < -0.3 is 11.1 Å². The molecular weight excluding hydrogens is 460 g/mol. The molecule has 4 rings (SSSR count). The summed E-state index contributed by atoms with van der Waals surface area (Å²) in [6, 6.07) is 8.65. The number of nitrogens with zero attached hydrogens (tertiary/aromatic N) is 2. The maximum absolute atomic E-state index is 13.1. The van der Waals surface area contributed by atoms with Gasteiger partial charge in [-0.1, -0.05) is 18.2 Å². The predicted octanol–water partition coefficient (Wildman–Crippen LogP) is 2.65. The van der Waals surface area contributed by atoms with E-state index in [9.17, 15) is 18.0 Å². The number of primary amides is 1. The van der Waals surface area contributed by atoms with Crippen LogP contribution in [0.1, 0.15) is 47.5 Å². The van der Waals surface area contributed by atoms with E-state index in [1.54, 1.807) is 30.3 Å². The molecule has 0 radical (unpaired) electrons. The van der Waals surface area contributed by atoms with Crippen LogP contribution in [0.4, 0.5) is 5.00 Å². The molecule has 2 aliphatic rings. The van der Waals surface area contributed by atoms with Gasteiger partial charge in [-0.2, -0.15) is 4.31 Å². The van der Waals surface area contributed by atoms with Crippen LogP contribution in [0.3, 0.4) is 0 Å². The molecule has 33 heavy (non-hydrogen) atoms. The summed E-state index contributed by atoms with van der Waals surface area (Å²) in [7, 11) is -3.66. The molecule has 0 aliphatic carbocycles. The van der Waals surface area contributed by atoms with Gasteiger partial charge in [-0.15, -0.1) is 11.3 Å². The molecule has 10 heteroatoms. The zero-order valence-electron chi connectivity index (χ0n) is 18.9. The Hall–Kier alpha value is -2.27. The Balaban J connectivity index is 1.52. The molecule has 0 spiro atoms. The Morgan fingerprint density at radius 2 is 1.91 bits per heavy atom. The second kappa shape index (κ2) is 9.54. The monoisotopic (exact) mass is 490 g/mol. The topological polar surface area (TPSA) is 113 Å². The van der Waals surface area contributed by atoms with E-state index < -0.39 is 21.8 Å². The fourth-order valence-electron chi connectivity index (χ4n) is 4.54. The highest BCUT2D eigenvalue weighted by molar-refractivity contribution is 7.89. The van der Waals surface area contributed by atoms with Gasteiger partial charge in [-0.05, 0) is 50.8 Å². The number of anilines is 1. The molecular formula is C23H30N4O4S2. The van der Waals surface area contributed by atoms with Crippen LogP contribution in [0, 0.1) is 5.92 Å². The summed E-state index contributed by atoms with van der Waals surface area (Å²) in [6.07, 6.45) is 1.90. The lowest BCUT2D eigenvalue weighted by Gasteiger charge is -2.31. The molecule has 0 bridgehead atoms. The van der Waals surface area contributed by atoms with E-state index in [4.69, 9.17) is 5.73 Å². The first-order valence-electron chi connectivity index (χ1n) is 11.2. The van der Waals surface area contributed by atoms with Crippen molar-refractivity contribution in [3.8, 4) is 0 Å². The second-order valence-corrected chi connectivity index (χ2v) is 11.9. The average molecular weight is 491 g/mol. The Bertz CT molecular complexity index is 1140. The number of thiophene rings is 1. The maximum atomic E-state index is 13.1. The number of hydrogen-bond donors (Lipinski definition) is 2. The Labute approximate surface area is 198 Å². The lowest BCUT2D eigenvalue weighted by Crippen LogP contribution is -2.43. The van der Waals surface area contributed by atoms with E-state index in [1.807, 2.05) is 0 Å². The van der Waals surface area contributed by atoms with Crippen molar-refractivity contribution in [2.75, 3.05) is 25.0 Å². The lowest BCUT2D eigenvalue weighted by molar-refractivity contribution is -0.120. The number of fused-ring (bicyclic) bond motifs is 1. The number of nitrogens with two attached hydrogens (primary N) is 1. The van der Waals surface area contributed by atoms with Crippen LogP contribution < -0.4 is 11.1 Å². The standard InChI is InChI=1S/C23H30N4O4S2/c1-15(2)26-12-10-18-19(14-26)32-23(20(18)21(24)28)25-22(29)16-7-6-11-27(13-16)33(30,31)17-8-4-3-5-9-17/h3-5,8-9,15-16H,6-7,10-14H2,1-2H3,(H2,24,28)(H,25,29). The number of nitrogens with one attached hydrogen (secondary N) is 1. The zero-order valence-corrected chi connectivity index (χ0v) is 20.5. The van der Waals surface area contributed by atoms with Gasteiger partial charge in [0.15, 0.2) is 0 Å². The summed E-state index contributed by atoms with van der Waals surface area (Å²) in [5, 5.41) is 3.39. The number of amides is 2. The van der Waals surface area contributed by atoms with E-state index in [1.165, 1.54) is 15.6 Å². The third-order valence-corrected chi connectivity index (χ3v) is 9.45. The Kier molecular flexibility index (Phi) is 6.90. The number of sulfonamides is 1. The molecule has 0 saturated carbocycles.